The SMILES string of the molecule is O=[N+]([O-])c1[nH]cnc1S(=O)(=O)Cl. The van der Waals surface area contributed by atoms with Crippen LogP contribution in [0.2, 0.25) is 0 Å². The van der Waals surface area contributed by atoms with Crippen LogP contribution in [-0.4, -0.2) is 23.3 Å². The van der Waals surface area contributed by atoms with E-state index in [-0.39, 0.29) is 0 Å². The van der Waals surface area contributed by atoms with Gasteiger partial charge in [-0.05, 0) is 4.92 Å². The lowest BCUT2D eigenvalue weighted by Crippen LogP contribution is -1.97. The molecule has 9 heteroatoms. The van der Waals surface area contributed by atoms with Crippen molar-refractivity contribution in [1.82, 2.24) is 9.97 Å². The number of aromatic amines is 1. The predicted molar refractivity (Wildman–Crippen MR) is 38.3 cm³/mol. The topological polar surface area (TPSA) is 106 Å². The molecule has 12 heavy (non-hydrogen) atoms. The molecule has 0 amide bonds. The van der Waals surface area contributed by atoms with Crippen LogP contribution in [0.25, 0.3) is 0 Å². The number of hydrogen-bond donors (Lipinski definition) is 1. The molecule has 1 aromatic heterocycles. The summed E-state index contributed by atoms with van der Waals surface area (Å²) >= 11 is 0. The Morgan fingerprint density at radius 3 is 2.58 bits per heavy atom. The van der Waals surface area contributed by atoms with Gasteiger partial charge in [0.05, 0.1) is 0 Å². The van der Waals surface area contributed by atoms with Crippen molar-refractivity contribution in [1.29, 1.82) is 0 Å². The van der Waals surface area contributed by atoms with Crippen molar-refractivity contribution in [2.24, 2.45) is 0 Å². The van der Waals surface area contributed by atoms with E-state index in [1.165, 1.54) is 0 Å². The van der Waals surface area contributed by atoms with Crippen molar-refractivity contribution in [2.45, 2.75) is 5.03 Å². The van der Waals surface area contributed by atoms with Crippen molar-refractivity contribution < 1.29 is 13.3 Å². The van der Waals surface area contributed by atoms with Crippen LogP contribution >= 0.6 is 10.7 Å². The van der Waals surface area contributed by atoms with Gasteiger partial charge in [0.1, 0.15) is 0 Å². The summed E-state index contributed by atoms with van der Waals surface area (Å²) in [6, 6.07) is 0. The number of imidazole rings is 1. The summed E-state index contributed by atoms with van der Waals surface area (Å²) in [5.74, 6) is -0.731. The fourth-order valence-electron chi connectivity index (χ4n) is 0.584. The van der Waals surface area contributed by atoms with Crippen LogP contribution in [0.5, 0.6) is 0 Å². The molecule has 0 spiro atoms. The van der Waals surface area contributed by atoms with Crippen molar-refractivity contribution in [3.8, 4) is 0 Å². The zero-order chi connectivity index (χ0) is 9.35. The van der Waals surface area contributed by atoms with Gasteiger partial charge < -0.3 is 10.1 Å². The molecule has 0 saturated heterocycles. The number of rotatable bonds is 2. The summed E-state index contributed by atoms with van der Waals surface area (Å²) in [6.07, 6.45) is 0.882. The van der Waals surface area contributed by atoms with Crippen LogP contribution in [-0.2, 0) is 9.05 Å². The molecule has 0 aliphatic carbocycles. The van der Waals surface area contributed by atoms with Gasteiger partial charge in [-0.1, -0.05) is 0 Å². The molecule has 1 rings (SSSR count). The largest absolute Gasteiger partial charge is 0.361 e. The summed E-state index contributed by atoms with van der Waals surface area (Å²) in [5, 5.41) is 9.37. The van der Waals surface area contributed by atoms with Crippen molar-refractivity contribution >= 4 is 25.6 Å². The van der Waals surface area contributed by atoms with Crippen LogP contribution < -0.4 is 0 Å². The molecule has 1 aromatic rings. The van der Waals surface area contributed by atoms with E-state index >= 15 is 0 Å². The van der Waals surface area contributed by atoms with E-state index in [9.17, 15) is 18.5 Å². The molecule has 0 unspecified atom stereocenters. The first-order valence-corrected chi connectivity index (χ1v) is 4.86. The number of nitrogens with zero attached hydrogens (tertiary/aromatic N) is 2. The van der Waals surface area contributed by atoms with E-state index in [2.05, 4.69) is 4.98 Å². The Bertz CT molecular complexity index is 409. The summed E-state index contributed by atoms with van der Waals surface area (Å²) in [6.45, 7) is 0. The smallest absolute Gasteiger partial charge is 0.358 e. The summed E-state index contributed by atoms with van der Waals surface area (Å²) in [7, 11) is 0.687. The molecular weight excluding hydrogens is 210 g/mol. The first-order chi connectivity index (χ1) is 5.43. The van der Waals surface area contributed by atoms with Crippen LogP contribution in [0.4, 0.5) is 5.82 Å². The predicted octanol–water partition coefficient (Wildman–Crippen LogP) is 0.245. The van der Waals surface area contributed by atoms with Crippen molar-refractivity contribution in [3.63, 3.8) is 0 Å². The molecule has 0 saturated carbocycles. The molecule has 0 radical (unpaired) electrons. The molecule has 66 valence electrons. The Labute approximate surface area is 70.9 Å². The fourth-order valence-corrected chi connectivity index (χ4v) is 1.47. The van der Waals surface area contributed by atoms with Gasteiger partial charge in [0.2, 0.25) is 0 Å². The maximum atomic E-state index is 10.6. The highest BCUT2D eigenvalue weighted by molar-refractivity contribution is 8.13. The van der Waals surface area contributed by atoms with Crippen LogP contribution in [0, 0.1) is 10.1 Å². The lowest BCUT2D eigenvalue weighted by Gasteiger charge is -1.90. The van der Waals surface area contributed by atoms with E-state index in [1.807, 2.05) is 4.98 Å². The first-order valence-electron chi connectivity index (χ1n) is 2.55. The number of aromatic nitrogens is 2. The zero-order valence-electron chi connectivity index (χ0n) is 5.39. The van der Waals surface area contributed by atoms with Gasteiger partial charge in [-0.25, -0.2) is 13.4 Å². The Morgan fingerprint density at radius 1 is 1.67 bits per heavy atom. The first kappa shape index (κ1) is 8.94. The highest BCUT2D eigenvalue weighted by Gasteiger charge is 2.26. The maximum Gasteiger partial charge on any atom is 0.361 e. The van der Waals surface area contributed by atoms with Gasteiger partial charge in [-0.15, -0.1) is 0 Å². The number of halogens is 1. The standard InChI is InChI=1S/C3H2ClN3O4S/c4-12(10,11)3-2(7(8)9)5-1-6-3/h1H,(H,5,6). The van der Waals surface area contributed by atoms with E-state index < -0.39 is 24.8 Å². The maximum absolute atomic E-state index is 10.6. The van der Waals surface area contributed by atoms with Crippen LogP contribution in [0.1, 0.15) is 0 Å². The third kappa shape index (κ3) is 1.53. The molecule has 0 atom stereocenters. The Hall–Kier alpha value is -1.15. The van der Waals surface area contributed by atoms with Gasteiger partial charge in [0, 0.05) is 10.7 Å². The monoisotopic (exact) mass is 211 g/mol. The van der Waals surface area contributed by atoms with Gasteiger partial charge in [-0.2, -0.15) is 4.98 Å². The Morgan fingerprint density at radius 2 is 2.25 bits per heavy atom. The summed E-state index contributed by atoms with van der Waals surface area (Å²) in [4.78, 5) is 14.5. The number of nitrogens with one attached hydrogen (secondary N) is 1. The third-order valence-corrected chi connectivity index (χ3v) is 2.20. The third-order valence-electron chi connectivity index (χ3n) is 0.999. The number of hydrogen-bond acceptors (Lipinski definition) is 5. The number of H-pyrrole nitrogens is 1. The van der Waals surface area contributed by atoms with Gasteiger partial charge in [-0.3, -0.25) is 0 Å². The zero-order valence-corrected chi connectivity index (χ0v) is 6.96. The lowest BCUT2D eigenvalue weighted by atomic mass is 10.8. The average Bonchev–Trinajstić information content (AvgIpc) is 2.30. The molecule has 0 fully saturated rings. The minimum atomic E-state index is -4.15. The second-order valence-corrected chi connectivity index (χ2v) is 4.23. The summed E-state index contributed by atoms with van der Waals surface area (Å²) < 4.78 is 21.2. The van der Waals surface area contributed by atoms with Crippen molar-refractivity contribution in [2.75, 3.05) is 0 Å². The minimum Gasteiger partial charge on any atom is -0.358 e. The molecule has 0 bridgehead atoms. The van der Waals surface area contributed by atoms with Gasteiger partial charge in [0.25, 0.3) is 14.1 Å². The summed E-state index contributed by atoms with van der Waals surface area (Å²) in [5.41, 5.74) is 0. The average molecular weight is 212 g/mol. The highest BCUT2D eigenvalue weighted by Crippen LogP contribution is 2.21. The van der Waals surface area contributed by atoms with Gasteiger partial charge >= 0.3 is 5.82 Å². The van der Waals surface area contributed by atoms with Crippen LogP contribution in [0.15, 0.2) is 11.4 Å². The van der Waals surface area contributed by atoms with E-state index in [0.717, 1.165) is 6.33 Å². The Kier molecular flexibility index (Phi) is 2.02. The molecular formula is C3H2ClN3O4S. The van der Waals surface area contributed by atoms with Gasteiger partial charge in [0.15, 0.2) is 6.33 Å². The van der Waals surface area contributed by atoms with E-state index in [0.29, 0.717) is 0 Å². The quantitative estimate of drug-likeness (QED) is 0.429. The second kappa shape index (κ2) is 2.72. The highest BCUT2D eigenvalue weighted by atomic mass is 35.7. The van der Waals surface area contributed by atoms with E-state index in [1.54, 1.807) is 0 Å². The Balaban J connectivity index is 3.36. The molecule has 7 nitrogen and oxygen atoms in total. The molecule has 1 N–H and O–H groups in total. The molecule has 1 heterocycles. The van der Waals surface area contributed by atoms with E-state index in [4.69, 9.17) is 10.7 Å². The normalized spacial score (nSPS) is 11.4. The molecule has 0 aromatic carbocycles. The van der Waals surface area contributed by atoms with Crippen molar-refractivity contribution in [3.05, 3.63) is 16.4 Å². The molecule has 0 aliphatic heterocycles. The fraction of sp³-hybridized carbons (Fsp3) is 0. The second-order valence-electron chi connectivity index (χ2n) is 1.75. The number of nitro groups is 1. The van der Waals surface area contributed by atoms with Crippen LogP contribution in [0.3, 0.4) is 0 Å². The minimum absolute atomic E-state index is 0.731. The molecule has 0 aliphatic rings. The lowest BCUT2D eigenvalue weighted by molar-refractivity contribution is -0.392.